The Hall–Kier alpha value is -1.18. The predicted molar refractivity (Wildman–Crippen MR) is 68.3 cm³/mol. The Balaban J connectivity index is -0.0000000817. The van der Waals surface area contributed by atoms with Gasteiger partial charge in [0, 0.05) is 11.9 Å². The van der Waals surface area contributed by atoms with Crippen molar-refractivity contribution in [3.05, 3.63) is 0 Å². The number of carbonyl (C=O) groups is 6. The van der Waals surface area contributed by atoms with Crippen LogP contribution in [0.5, 0.6) is 0 Å². The smallest absolute Gasteiger partial charge is 0.550 e. The van der Waals surface area contributed by atoms with Crippen molar-refractivity contribution in [2.45, 2.75) is 38.5 Å². The summed E-state index contributed by atoms with van der Waals surface area (Å²) in [5.41, 5.74) is 0. The number of carboxylic acid groups (broad SMARTS) is 6. The first-order valence-corrected chi connectivity index (χ1v) is 6.15. The maximum absolute atomic E-state index is 9.64. The zero-order chi connectivity index (χ0) is 19.7. The van der Waals surface area contributed by atoms with Crippen LogP contribution >= 0.6 is 0 Å². The second-order valence-corrected chi connectivity index (χ2v) is 3.82. The largest absolute Gasteiger partial charge is 1.00 e. The van der Waals surface area contributed by atoms with E-state index in [2.05, 4.69) is 0 Å². The molecule has 0 aliphatic heterocycles. The van der Waals surface area contributed by atoms with Gasteiger partial charge in [-0.05, 0) is 12.8 Å². The minimum absolute atomic E-state index is 0. The Morgan fingerprint density at radius 2 is 0.615 bits per heavy atom. The van der Waals surface area contributed by atoms with Gasteiger partial charge in [0.1, 0.15) is 0 Å². The van der Waals surface area contributed by atoms with Crippen molar-refractivity contribution in [3.8, 4) is 0 Å². The van der Waals surface area contributed by atoms with E-state index in [0.717, 1.165) is 0 Å². The Kier molecular flexibility index (Phi) is 32.8. The molecule has 0 saturated carbocycles. The van der Waals surface area contributed by atoms with Crippen molar-refractivity contribution in [1.82, 2.24) is 0 Å². The van der Waals surface area contributed by atoms with E-state index < -0.39 is 48.7 Å². The van der Waals surface area contributed by atoms with Gasteiger partial charge < -0.3 is 40.2 Å². The third kappa shape index (κ3) is 56.9. The van der Waals surface area contributed by atoms with Gasteiger partial charge in [0.25, 0.3) is 0 Å². The molecule has 0 unspecified atom stereocenters. The zero-order valence-corrected chi connectivity index (χ0v) is 18.3. The molecule has 0 aliphatic rings. The van der Waals surface area contributed by atoms with Crippen LogP contribution in [-0.4, -0.2) is 56.2 Å². The number of hydrogen-bond acceptors (Lipinski definition) is 8. The summed E-state index contributed by atoms with van der Waals surface area (Å²) in [6.07, 6.45) is -2.13. The van der Waals surface area contributed by atoms with E-state index in [1.54, 1.807) is 0 Å². The van der Waals surface area contributed by atoms with Crippen molar-refractivity contribution >= 4 is 35.8 Å². The molecule has 0 saturated heterocycles. The van der Waals surface area contributed by atoms with E-state index in [4.69, 9.17) is 20.4 Å². The minimum atomic E-state index is -1.37. The number of carbonyl (C=O) groups excluding carboxylic acids is 2. The first-order valence-electron chi connectivity index (χ1n) is 6.15. The van der Waals surface area contributed by atoms with Crippen molar-refractivity contribution in [2.24, 2.45) is 0 Å². The van der Waals surface area contributed by atoms with Gasteiger partial charge in [-0.25, -0.2) is 0 Å². The molecule has 0 atom stereocenters. The molecule has 4 N–H and O–H groups in total. The van der Waals surface area contributed by atoms with Gasteiger partial charge in [0.15, 0.2) is 0 Å². The Morgan fingerprint density at radius 3 is 0.692 bits per heavy atom. The Morgan fingerprint density at radius 1 is 0.462 bits per heavy atom. The van der Waals surface area contributed by atoms with Gasteiger partial charge in [-0.3, -0.25) is 19.2 Å². The number of hydrogen-bond donors (Lipinski definition) is 4. The molecule has 0 bridgehead atoms. The van der Waals surface area contributed by atoms with Crippen LogP contribution in [0.15, 0.2) is 0 Å². The molecule has 26 heavy (non-hydrogen) atoms. The number of carboxylic acids is 6. The fourth-order valence-electron chi connectivity index (χ4n) is 0.632. The van der Waals surface area contributed by atoms with Gasteiger partial charge in [-0.15, -0.1) is 0 Å². The molecule has 0 aromatic carbocycles. The molecule has 0 amide bonds. The van der Waals surface area contributed by atoms with Gasteiger partial charge in [0.05, 0.1) is 25.7 Å². The average Bonchev–Trinajstić information content (AvgIpc) is 2.42. The van der Waals surface area contributed by atoms with E-state index >= 15 is 0 Å². The molecule has 0 rings (SSSR count). The van der Waals surface area contributed by atoms with Crippen molar-refractivity contribution in [2.75, 3.05) is 0 Å². The summed E-state index contributed by atoms with van der Waals surface area (Å²) in [5, 5.41) is 50.6. The molecule has 12 nitrogen and oxygen atoms in total. The van der Waals surface area contributed by atoms with Crippen molar-refractivity contribution in [3.63, 3.8) is 0 Å². The van der Waals surface area contributed by atoms with Crippen LogP contribution in [0.3, 0.4) is 0 Å². The van der Waals surface area contributed by atoms with Crippen molar-refractivity contribution < 1.29 is 119 Å². The molecule has 0 aliphatic carbocycles. The van der Waals surface area contributed by atoms with Crippen LogP contribution in [0.1, 0.15) is 38.5 Å². The van der Waals surface area contributed by atoms with Crippen LogP contribution in [-0.2, 0) is 28.8 Å². The maximum atomic E-state index is 9.64. The van der Waals surface area contributed by atoms with E-state index in [0.29, 0.717) is 0 Å². The van der Waals surface area contributed by atoms with E-state index in [-0.39, 0.29) is 84.8 Å². The summed E-state index contributed by atoms with van der Waals surface area (Å²) in [7, 11) is 0. The van der Waals surface area contributed by atoms with E-state index in [1.165, 1.54) is 0 Å². The quantitative estimate of drug-likeness (QED) is 0.265. The molecule has 14 heteroatoms. The molecule has 0 heterocycles. The van der Waals surface area contributed by atoms with Crippen LogP contribution < -0.4 is 69.3 Å². The van der Waals surface area contributed by atoms with Crippen molar-refractivity contribution in [1.29, 1.82) is 0 Å². The fraction of sp³-hybridized carbons (Fsp3) is 0.500. The SMILES string of the molecule is O=C(O)CCC(=O)O.O=C(O)CCC(=O)O.O=C([O-])CCC(=O)[O-].[Na+].[Na+]. The molecule has 0 spiro atoms. The topological polar surface area (TPSA) is 229 Å². The standard InChI is InChI=1S/3C4H6O4.2Na/c3*5-3(6)1-2-4(7)8;;/h3*1-2H2,(H,5,6)(H,7,8);;/q;;;2*+1/p-2. The fourth-order valence-corrected chi connectivity index (χ4v) is 0.632. The van der Waals surface area contributed by atoms with Gasteiger partial charge in [-0.2, -0.15) is 0 Å². The summed E-state index contributed by atoms with van der Waals surface area (Å²) >= 11 is 0. The van der Waals surface area contributed by atoms with Crippen LogP contribution in [0.2, 0.25) is 0 Å². The normalized spacial score (nSPS) is 7.85. The van der Waals surface area contributed by atoms with E-state index in [1.807, 2.05) is 0 Å². The molecule has 0 aromatic rings. The molecule has 0 aromatic heterocycles. The van der Waals surface area contributed by atoms with Crippen LogP contribution in [0, 0.1) is 0 Å². The molecular weight excluding hydrogens is 382 g/mol. The Bertz CT molecular complexity index is 355. The first-order chi connectivity index (χ1) is 10.9. The minimum Gasteiger partial charge on any atom is -0.550 e. The third-order valence-electron chi connectivity index (χ3n) is 1.64. The molecule has 0 radical (unpaired) electrons. The Labute approximate surface area is 191 Å². The molecular formula is C12H16Na2O12. The van der Waals surface area contributed by atoms with Gasteiger partial charge in [-0.1, -0.05) is 0 Å². The average molecular weight is 398 g/mol. The third-order valence-corrected chi connectivity index (χ3v) is 1.64. The van der Waals surface area contributed by atoms with Crippen LogP contribution in [0.25, 0.3) is 0 Å². The maximum Gasteiger partial charge on any atom is 1.00 e. The van der Waals surface area contributed by atoms with E-state index in [9.17, 15) is 39.0 Å². The van der Waals surface area contributed by atoms with Crippen LogP contribution in [0.4, 0.5) is 0 Å². The number of rotatable bonds is 9. The monoisotopic (exact) mass is 398 g/mol. The predicted octanol–water partition coefficient (Wildman–Crippen LogP) is -8.85. The zero-order valence-electron chi connectivity index (χ0n) is 14.3. The summed E-state index contributed by atoms with van der Waals surface area (Å²) in [4.78, 5) is 57.6. The first kappa shape index (κ1) is 35.8. The number of aliphatic carboxylic acids is 6. The summed E-state index contributed by atoms with van der Waals surface area (Å²) < 4.78 is 0. The molecule has 138 valence electrons. The van der Waals surface area contributed by atoms with Gasteiger partial charge in [0.2, 0.25) is 0 Å². The van der Waals surface area contributed by atoms with Gasteiger partial charge >= 0.3 is 83.0 Å². The summed E-state index contributed by atoms with van der Waals surface area (Å²) in [6.45, 7) is 0. The second kappa shape index (κ2) is 23.8. The second-order valence-electron chi connectivity index (χ2n) is 3.82. The molecule has 0 fully saturated rings. The summed E-state index contributed by atoms with van der Waals surface area (Å²) in [6, 6.07) is 0. The summed E-state index contributed by atoms with van der Waals surface area (Å²) in [5.74, 6) is -7.04.